The zero-order valence-corrected chi connectivity index (χ0v) is 19.3. The number of thioether (sulfide) groups is 1. The van der Waals surface area contributed by atoms with Crippen molar-refractivity contribution in [2.45, 2.75) is 28.8 Å². The summed E-state index contributed by atoms with van der Waals surface area (Å²) in [6, 6.07) is 12.8. The fraction of sp³-hybridized carbons (Fsp3) is 0.250. The van der Waals surface area contributed by atoms with Crippen LogP contribution in [-0.2, 0) is 28.5 Å². The standard InChI is InChI=1S/C20H23N5O5S2/c1-13(19(26)22-14-4-10-17(11-5-14)32(21,27)28)31-20-24-23-18(25(20)2)12-30-16-8-6-15(29-3)7-9-16/h4-11,13H,12H2,1-3H3,(H,22,26)(H2,21,27,28)/t13-/m0/s1. The number of aromatic nitrogens is 3. The smallest absolute Gasteiger partial charge is 0.238 e. The minimum atomic E-state index is -3.78. The second-order valence-corrected chi connectivity index (χ2v) is 9.61. The van der Waals surface area contributed by atoms with Gasteiger partial charge in [0.2, 0.25) is 15.9 Å². The molecule has 1 atom stereocenters. The molecule has 0 radical (unpaired) electrons. The number of carbonyl (C=O) groups excluding carboxylic acids is 1. The van der Waals surface area contributed by atoms with Crippen LogP contribution in [0.4, 0.5) is 5.69 Å². The summed E-state index contributed by atoms with van der Waals surface area (Å²) in [4.78, 5) is 12.5. The lowest BCUT2D eigenvalue weighted by Gasteiger charge is -2.12. The molecule has 1 aromatic heterocycles. The van der Waals surface area contributed by atoms with Gasteiger partial charge in [-0.3, -0.25) is 4.79 Å². The molecule has 1 heterocycles. The van der Waals surface area contributed by atoms with Crippen molar-refractivity contribution in [1.29, 1.82) is 0 Å². The number of ether oxygens (including phenoxy) is 2. The van der Waals surface area contributed by atoms with Crippen LogP contribution in [0, 0.1) is 0 Å². The van der Waals surface area contributed by atoms with Crippen LogP contribution in [0.3, 0.4) is 0 Å². The van der Waals surface area contributed by atoms with E-state index in [1.54, 1.807) is 49.9 Å². The average Bonchev–Trinajstić information content (AvgIpc) is 3.11. The third kappa shape index (κ3) is 5.99. The Labute approximate surface area is 190 Å². The fourth-order valence-corrected chi connectivity index (χ4v) is 3.93. The first-order valence-corrected chi connectivity index (χ1v) is 11.9. The van der Waals surface area contributed by atoms with E-state index in [0.717, 1.165) is 5.75 Å². The van der Waals surface area contributed by atoms with E-state index in [1.165, 1.54) is 36.0 Å². The average molecular weight is 478 g/mol. The monoisotopic (exact) mass is 477 g/mol. The number of benzene rings is 2. The molecule has 0 unspecified atom stereocenters. The number of nitrogens with zero attached hydrogens (tertiary/aromatic N) is 3. The molecular formula is C20H23N5O5S2. The van der Waals surface area contributed by atoms with E-state index in [2.05, 4.69) is 15.5 Å². The van der Waals surface area contributed by atoms with E-state index in [4.69, 9.17) is 14.6 Å². The lowest BCUT2D eigenvalue weighted by molar-refractivity contribution is -0.115. The van der Waals surface area contributed by atoms with Gasteiger partial charge in [0.05, 0.1) is 17.3 Å². The summed E-state index contributed by atoms with van der Waals surface area (Å²) in [6.07, 6.45) is 0. The van der Waals surface area contributed by atoms with Gasteiger partial charge in [0.25, 0.3) is 0 Å². The van der Waals surface area contributed by atoms with Crippen molar-refractivity contribution < 1.29 is 22.7 Å². The van der Waals surface area contributed by atoms with Crippen molar-refractivity contribution in [2.75, 3.05) is 12.4 Å². The Morgan fingerprint density at radius 1 is 1.12 bits per heavy atom. The maximum Gasteiger partial charge on any atom is 0.238 e. The zero-order valence-electron chi connectivity index (χ0n) is 17.7. The summed E-state index contributed by atoms with van der Waals surface area (Å²) in [5, 5.41) is 16.2. The molecular weight excluding hydrogens is 454 g/mol. The third-order valence-corrected chi connectivity index (χ3v) is 6.52. The Morgan fingerprint density at radius 2 is 1.75 bits per heavy atom. The van der Waals surface area contributed by atoms with E-state index in [-0.39, 0.29) is 17.4 Å². The van der Waals surface area contributed by atoms with Crippen LogP contribution in [0.2, 0.25) is 0 Å². The molecule has 2 aromatic carbocycles. The van der Waals surface area contributed by atoms with Gasteiger partial charge in [-0.25, -0.2) is 13.6 Å². The first-order valence-electron chi connectivity index (χ1n) is 9.43. The van der Waals surface area contributed by atoms with Gasteiger partial charge in [-0.05, 0) is 55.5 Å². The van der Waals surface area contributed by atoms with Crippen molar-refractivity contribution in [3.05, 3.63) is 54.4 Å². The predicted molar refractivity (Wildman–Crippen MR) is 120 cm³/mol. The molecule has 0 fully saturated rings. The summed E-state index contributed by atoms with van der Waals surface area (Å²) in [5.74, 6) is 1.75. The van der Waals surface area contributed by atoms with Crippen LogP contribution < -0.4 is 19.9 Å². The molecule has 0 saturated heterocycles. The highest BCUT2D eigenvalue weighted by Gasteiger charge is 2.19. The SMILES string of the molecule is COc1ccc(OCc2nnc(S[C@@H](C)C(=O)Nc3ccc(S(N)(=O)=O)cc3)n2C)cc1. The van der Waals surface area contributed by atoms with Gasteiger partial charge < -0.3 is 19.4 Å². The Bertz CT molecular complexity index is 1180. The number of nitrogens with one attached hydrogen (secondary N) is 1. The number of primary sulfonamides is 1. The van der Waals surface area contributed by atoms with Gasteiger partial charge in [0.1, 0.15) is 18.1 Å². The van der Waals surface area contributed by atoms with Crippen molar-refractivity contribution >= 4 is 33.4 Å². The second kappa shape index (κ2) is 10.0. The minimum Gasteiger partial charge on any atom is -0.497 e. The summed E-state index contributed by atoms with van der Waals surface area (Å²) in [6.45, 7) is 1.95. The Morgan fingerprint density at radius 3 is 2.34 bits per heavy atom. The van der Waals surface area contributed by atoms with E-state index in [1.807, 2.05) is 0 Å². The minimum absolute atomic E-state index is 0.0265. The Hall–Kier alpha value is -3.09. The summed E-state index contributed by atoms with van der Waals surface area (Å²) < 4.78 is 35.3. The maximum absolute atomic E-state index is 12.5. The van der Waals surface area contributed by atoms with Crippen LogP contribution in [-0.4, -0.2) is 41.4 Å². The lowest BCUT2D eigenvalue weighted by atomic mass is 10.3. The Kier molecular flexibility index (Phi) is 7.38. The second-order valence-electron chi connectivity index (χ2n) is 6.74. The largest absolute Gasteiger partial charge is 0.497 e. The normalized spacial score (nSPS) is 12.2. The number of anilines is 1. The highest BCUT2D eigenvalue weighted by molar-refractivity contribution is 8.00. The summed E-state index contributed by atoms with van der Waals surface area (Å²) in [7, 11) is -0.390. The van der Waals surface area contributed by atoms with E-state index in [9.17, 15) is 13.2 Å². The number of hydrogen-bond donors (Lipinski definition) is 2. The van der Waals surface area contributed by atoms with Crippen molar-refractivity contribution in [1.82, 2.24) is 14.8 Å². The number of methoxy groups -OCH3 is 1. The van der Waals surface area contributed by atoms with Crippen molar-refractivity contribution in [3.8, 4) is 11.5 Å². The molecule has 0 spiro atoms. The van der Waals surface area contributed by atoms with Gasteiger partial charge >= 0.3 is 0 Å². The van der Waals surface area contributed by atoms with E-state index >= 15 is 0 Å². The molecule has 0 aliphatic heterocycles. The first kappa shape index (κ1) is 23.6. The first-order chi connectivity index (χ1) is 15.2. The topological polar surface area (TPSA) is 138 Å². The number of carbonyl (C=O) groups is 1. The highest BCUT2D eigenvalue weighted by Crippen LogP contribution is 2.24. The molecule has 3 rings (SSSR count). The van der Waals surface area contributed by atoms with Gasteiger partial charge in [-0.2, -0.15) is 0 Å². The molecule has 3 N–H and O–H groups in total. The number of nitrogens with two attached hydrogens (primary N) is 1. The summed E-state index contributed by atoms with van der Waals surface area (Å²) >= 11 is 1.24. The summed E-state index contributed by atoms with van der Waals surface area (Å²) in [5.41, 5.74) is 0.460. The molecule has 32 heavy (non-hydrogen) atoms. The molecule has 170 valence electrons. The van der Waals surface area contributed by atoms with E-state index < -0.39 is 15.3 Å². The Balaban J connectivity index is 1.57. The van der Waals surface area contributed by atoms with Crippen LogP contribution in [0.15, 0.2) is 58.6 Å². The molecule has 0 aliphatic rings. The number of rotatable bonds is 9. The number of hydrogen-bond acceptors (Lipinski definition) is 8. The molecule has 10 nitrogen and oxygen atoms in total. The van der Waals surface area contributed by atoms with Crippen molar-refractivity contribution in [3.63, 3.8) is 0 Å². The fourth-order valence-electron chi connectivity index (χ4n) is 2.58. The molecule has 3 aromatic rings. The quantitative estimate of drug-likeness (QED) is 0.447. The molecule has 1 amide bonds. The predicted octanol–water partition coefficient (Wildman–Crippen LogP) is 2.17. The molecule has 12 heteroatoms. The number of amides is 1. The van der Waals surface area contributed by atoms with Crippen LogP contribution in [0.1, 0.15) is 12.7 Å². The van der Waals surface area contributed by atoms with Crippen LogP contribution in [0.25, 0.3) is 0 Å². The maximum atomic E-state index is 12.5. The number of sulfonamides is 1. The van der Waals surface area contributed by atoms with E-state index in [0.29, 0.717) is 22.4 Å². The molecule has 0 bridgehead atoms. The van der Waals surface area contributed by atoms with Gasteiger partial charge in [-0.15, -0.1) is 10.2 Å². The van der Waals surface area contributed by atoms with Gasteiger partial charge in [0, 0.05) is 12.7 Å². The zero-order chi connectivity index (χ0) is 23.3. The third-order valence-electron chi connectivity index (χ3n) is 4.45. The van der Waals surface area contributed by atoms with Crippen LogP contribution >= 0.6 is 11.8 Å². The van der Waals surface area contributed by atoms with Gasteiger partial charge in [-0.1, -0.05) is 11.8 Å². The molecule has 0 aliphatic carbocycles. The van der Waals surface area contributed by atoms with Crippen LogP contribution in [0.5, 0.6) is 11.5 Å². The lowest BCUT2D eigenvalue weighted by Crippen LogP contribution is -2.23. The molecule has 0 saturated carbocycles. The van der Waals surface area contributed by atoms with Gasteiger partial charge in [0.15, 0.2) is 11.0 Å². The highest BCUT2D eigenvalue weighted by atomic mass is 32.2. The van der Waals surface area contributed by atoms with Crippen molar-refractivity contribution in [2.24, 2.45) is 12.2 Å².